The zero-order chi connectivity index (χ0) is 45.0. The molecule has 6 nitrogen and oxygen atoms in total. The van der Waals surface area contributed by atoms with Crippen LogP contribution in [0.15, 0.2) is 235 Å². The zero-order valence-corrected chi connectivity index (χ0v) is 36.9. The first-order valence-corrected chi connectivity index (χ1v) is 23.1. The third-order valence-electron chi connectivity index (χ3n) is 13.2. The molecule has 1 aliphatic rings. The molecular weight excluding hydrogens is 831 g/mol. The second-order valence-corrected chi connectivity index (χ2v) is 17.3. The smallest absolute Gasteiger partial charge is 0.166 e. The number of furan rings is 1. The lowest BCUT2D eigenvalue weighted by molar-refractivity contribution is 0.673. The van der Waals surface area contributed by atoms with Crippen molar-refractivity contribution in [3.05, 3.63) is 236 Å². The molecule has 0 bridgehead atoms. The summed E-state index contributed by atoms with van der Waals surface area (Å²) in [5, 5.41) is 4.19. The van der Waals surface area contributed by atoms with Gasteiger partial charge in [0.25, 0.3) is 0 Å². The van der Waals surface area contributed by atoms with Crippen LogP contribution in [0.4, 0.5) is 0 Å². The van der Waals surface area contributed by atoms with Crippen molar-refractivity contribution >= 4 is 43.7 Å². The van der Waals surface area contributed by atoms with Crippen LogP contribution >= 0.6 is 0 Å². The van der Waals surface area contributed by atoms with Crippen molar-refractivity contribution in [1.29, 1.82) is 0 Å². The largest absolute Gasteiger partial charge is 0.455 e. The lowest BCUT2D eigenvalue weighted by atomic mass is 9.86. The van der Waals surface area contributed by atoms with E-state index < -0.39 is 0 Å². The van der Waals surface area contributed by atoms with Gasteiger partial charge in [-0.25, -0.2) is 15.0 Å². The Morgan fingerprint density at radius 3 is 1.85 bits per heavy atom. The second kappa shape index (κ2) is 16.5. The monoisotopic (exact) mass is 871 g/mol. The summed E-state index contributed by atoms with van der Waals surface area (Å²) in [6, 6.07) is 69.8. The number of nitrogens with zero attached hydrogens (tertiary/aromatic N) is 5. The van der Waals surface area contributed by atoms with Crippen LogP contribution in [0.1, 0.15) is 17.9 Å². The molecule has 0 N–H and O–H groups in total. The van der Waals surface area contributed by atoms with E-state index in [2.05, 4.69) is 168 Å². The van der Waals surface area contributed by atoms with Crippen LogP contribution < -0.4 is 0 Å². The Bertz CT molecular complexity index is 3870. The topological polar surface area (TPSA) is 69.6 Å². The van der Waals surface area contributed by atoms with Gasteiger partial charge in [-0.05, 0) is 77.2 Å². The van der Waals surface area contributed by atoms with E-state index in [-0.39, 0.29) is 5.92 Å². The van der Waals surface area contributed by atoms with Gasteiger partial charge in [-0.2, -0.15) is 0 Å². The van der Waals surface area contributed by atoms with Crippen molar-refractivity contribution in [3.63, 3.8) is 0 Å². The molecule has 4 heterocycles. The van der Waals surface area contributed by atoms with Crippen LogP contribution in [0.2, 0.25) is 0 Å². The van der Waals surface area contributed by atoms with Crippen LogP contribution in [0.25, 0.3) is 117 Å². The van der Waals surface area contributed by atoms with Gasteiger partial charge in [0.2, 0.25) is 0 Å². The average molecular weight is 872 g/mol. The SMILES string of the molecule is C1=CCC(c2ccc(-c3ccccc3)c(-c3cnc(-c4cccc5oc6c(ccc7c6c6ccccc6n7-c6ccccc6)c45)c(-c4nc(-c5ccccc5)nc(-c5ccccc5)n4)c3)c2)C=C1. The molecule has 13 rings (SSSR count). The molecule has 1 aliphatic carbocycles. The van der Waals surface area contributed by atoms with E-state index in [1.165, 1.54) is 5.56 Å². The number of benzene rings is 8. The Morgan fingerprint density at radius 1 is 0.456 bits per heavy atom. The molecule has 0 saturated carbocycles. The summed E-state index contributed by atoms with van der Waals surface area (Å²) < 4.78 is 9.35. The van der Waals surface area contributed by atoms with Crippen molar-refractivity contribution in [3.8, 4) is 73.4 Å². The number of pyridine rings is 1. The highest BCUT2D eigenvalue weighted by molar-refractivity contribution is 6.25. The lowest BCUT2D eigenvalue weighted by Crippen LogP contribution is -2.03. The number of hydrogen-bond donors (Lipinski definition) is 0. The van der Waals surface area contributed by atoms with Crippen LogP contribution in [0.5, 0.6) is 0 Å². The number of hydrogen-bond acceptors (Lipinski definition) is 5. The van der Waals surface area contributed by atoms with E-state index in [1.807, 2.05) is 66.9 Å². The minimum Gasteiger partial charge on any atom is -0.455 e. The first-order valence-electron chi connectivity index (χ1n) is 23.1. The molecule has 6 heteroatoms. The van der Waals surface area contributed by atoms with Gasteiger partial charge in [0, 0.05) is 61.8 Å². The Hall–Kier alpha value is -9.00. The molecule has 12 aromatic rings. The summed E-state index contributed by atoms with van der Waals surface area (Å²) in [4.78, 5) is 21.2. The second-order valence-electron chi connectivity index (χ2n) is 17.3. The maximum atomic E-state index is 7.02. The van der Waals surface area contributed by atoms with Crippen molar-refractivity contribution in [2.75, 3.05) is 0 Å². The fourth-order valence-corrected chi connectivity index (χ4v) is 10.0. The van der Waals surface area contributed by atoms with E-state index in [0.717, 1.165) is 106 Å². The number of fused-ring (bicyclic) bond motifs is 7. The molecule has 1 unspecified atom stereocenters. The minimum absolute atomic E-state index is 0.265. The molecule has 0 saturated heterocycles. The molecule has 0 spiro atoms. The van der Waals surface area contributed by atoms with Gasteiger partial charge in [0.1, 0.15) is 11.2 Å². The number of allylic oxidation sites excluding steroid dienone is 4. The van der Waals surface area contributed by atoms with Gasteiger partial charge in [0.05, 0.1) is 22.1 Å². The summed E-state index contributed by atoms with van der Waals surface area (Å²) >= 11 is 0. The highest BCUT2D eigenvalue weighted by atomic mass is 16.3. The lowest BCUT2D eigenvalue weighted by Gasteiger charge is -2.19. The van der Waals surface area contributed by atoms with Crippen molar-refractivity contribution in [1.82, 2.24) is 24.5 Å². The third-order valence-corrected chi connectivity index (χ3v) is 13.2. The standard InChI is InChI=1S/C62H41N5O/c1-6-19-40(20-7-1)44-33-34-47(41-21-8-2-9-22-41)51(37-44)45-38-52(62-65-60(42-23-10-3-11-24-42)64-61(66-62)43-25-12-4-13-26-43)58(63-39-45)49-30-18-32-55-56(49)50-35-36-54-57(59(50)68-55)48-29-16-17-31-53(48)67(54)46-27-14-5-15-28-46/h1-19,21-40H,20H2. The molecule has 320 valence electrons. The summed E-state index contributed by atoms with van der Waals surface area (Å²) in [5.41, 5.74) is 14.7. The van der Waals surface area contributed by atoms with Crippen molar-refractivity contribution < 1.29 is 4.42 Å². The van der Waals surface area contributed by atoms with Gasteiger partial charge in [-0.15, -0.1) is 0 Å². The Labute approximate surface area is 392 Å². The molecule has 0 aliphatic heterocycles. The highest BCUT2D eigenvalue weighted by Crippen LogP contribution is 2.46. The fourth-order valence-electron chi connectivity index (χ4n) is 10.0. The highest BCUT2D eigenvalue weighted by Gasteiger charge is 2.25. The minimum atomic E-state index is 0.265. The van der Waals surface area contributed by atoms with Crippen LogP contribution in [0, 0.1) is 0 Å². The summed E-state index contributed by atoms with van der Waals surface area (Å²) in [7, 11) is 0. The average Bonchev–Trinajstić information content (AvgIpc) is 3.98. The summed E-state index contributed by atoms with van der Waals surface area (Å²) in [6.07, 6.45) is 11.8. The Kier molecular flexibility index (Phi) is 9.53. The predicted octanol–water partition coefficient (Wildman–Crippen LogP) is 15.9. The van der Waals surface area contributed by atoms with Gasteiger partial charge in [0.15, 0.2) is 17.5 Å². The molecule has 0 fully saturated rings. The van der Waals surface area contributed by atoms with Gasteiger partial charge in [-0.3, -0.25) is 4.98 Å². The molecule has 0 radical (unpaired) electrons. The normalized spacial score (nSPS) is 13.6. The fraction of sp³-hybridized carbons (Fsp3) is 0.0323. The molecule has 68 heavy (non-hydrogen) atoms. The quantitative estimate of drug-likeness (QED) is 0.152. The van der Waals surface area contributed by atoms with Gasteiger partial charge < -0.3 is 8.98 Å². The molecule has 4 aromatic heterocycles. The Balaban J connectivity index is 1.09. The predicted molar refractivity (Wildman–Crippen MR) is 277 cm³/mol. The number of para-hydroxylation sites is 2. The summed E-state index contributed by atoms with van der Waals surface area (Å²) in [5.74, 6) is 1.96. The first kappa shape index (κ1) is 39.4. The molecule has 1 atom stereocenters. The maximum Gasteiger partial charge on any atom is 0.166 e. The van der Waals surface area contributed by atoms with E-state index in [0.29, 0.717) is 17.5 Å². The number of rotatable bonds is 8. The number of aromatic nitrogens is 5. The van der Waals surface area contributed by atoms with Crippen LogP contribution in [-0.4, -0.2) is 24.5 Å². The van der Waals surface area contributed by atoms with Crippen molar-refractivity contribution in [2.45, 2.75) is 12.3 Å². The van der Waals surface area contributed by atoms with Gasteiger partial charge >= 0.3 is 0 Å². The first-order chi connectivity index (χ1) is 33.7. The van der Waals surface area contributed by atoms with Crippen LogP contribution in [0.3, 0.4) is 0 Å². The van der Waals surface area contributed by atoms with E-state index >= 15 is 0 Å². The van der Waals surface area contributed by atoms with Crippen molar-refractivity contribution in [2.24, 2.45) is 0 Å². The van der Waals surface area contributed by atoms with E-state index in [4.69, 9.17) is 24.4 Å². The third kappa shape index (κ3) is 6.73. The molecule has 8 aromatic carbocycles. The molecule has 0 amide bonds. The molecular formula is C62H41N5O. The Morgan fingerprint density at radius 2 is 1.13 bits per heavy atom. The maximum absolute atomic E-state index is 7.02. The zero-order valence-electron chi connectivity index (χ0n) is 36.9. The van der Waals surface area contributed by atoms with E-state index in [9.17, 15) is 0 Å². The van der Waals surface area contributed by atoms with Crippen LogP contribution in [-0.2, 0) is 0 Å². The van der Waals surface area contributed by atoms with E-state index in [1.54, 1.807) is 0 Å². The summed E-state index contributed by atoms with van der Waals surface area (Å²) in [6.45, 7) is 0. The van der Waals surface area contributed by atoms with Gasteiger partial charge in [-0.1, -0.05) is 176 Å².